The van der Waals surface area contributed by atoms with Crippen LogP contribution in [0.15, 0.2) is 0 Å². The standard InChI is InChI=1S/C9H17NO/c1-2-6-10-8(4-1)9-5-3-7-11-9/h8-10H,1-7H2/t8-,9-/m0/s1. The Balaban J connectivity index is 1.82. The predicted octanol–water partition coefficient (Wildman–Crippen LogP) is 1.31. The fourth-order valence-corrected chi connectivity index (χ4v) is 2.12. The second-order valence-corrected chi connectivity index (χ2v) is 3.61. The second-order valence-electron chi connectivity index (χ2n) is 3.61. The monoisotopic (exact) mass is 155 g/mol. The molecular weight excluding hydrogens is 138 g/mol. The first kappa shape index (κ1) is 7.56. The second kappa shape index (κ2) is 3.55. The van der Waals surface area contributed by atoms with E-state index in [1.807, 2.05) is 0 Å². The average molecular weight is 155 g/mol. The van der Waals surface area contributed by atoms with Crippen LogP contribution in [0.3, 0.4) is 0 Å². The van der Waals surface area contributed by atoms with E-state index < -0.39 is 0 Å². The van der Waals surface area contributed by atoms with Crippen molar-refractivity contribution in [2.75, 3.05) is 13.2 Å². The first-order chi connectivity index (χ1) is 5.47. The minimum absolute atomic E-state index is 0.537. The lowest BCUT2D eigenvalue weighted by Crippen LogP contribution is -2.42. The summed E-state index contributed by atoms with van der Waals surface area (Å²) < 4.78 is 5.63. The predicted molar refractivity (Wildman–Crippen MR) is 44.6 cm³/mol. The Morgan fingerprint density at radius 2 is 2.09 bits per heavy atom. The smallest absolute Gasteiger partial charge is 0.0728 e. The highest BCUT2D eigenvalue weighted by molar-refractivity contribution is 4.82. The Labute approximate surface area is 68.3 Å². The maximum absolute atomic E-state index is 5.63. The van der Waals surface area contributed by atoms with Gasteiger partial charge in [0, 0.05) is 12.6 Å². The number of rotatable bonds is 1. The van der Waals surface area contributed by atoms with Crippen LogP contribution < -0.4 is 5.32 Å². The van der Waals surface area contributed by atoms with E-state index in [-0.39, 0.29) is 0 Å². The van der Waals surface area contributed by atoms with Crippen LogP contribution in [-0.2, 0) is 4.74 Å². The average Bonchev–Trinajstić information content (AvgIpc) is 2.58. The van der Waals surface area contributed by atoms with Crippen molar-refractivity contribution in [1.29, 1.82) is 0 Å². The highest BCUT2D eigenvalue weighted by Gasteiger charge is 2.26. The third-order valence-electron chi connectivity index (χ3n) is 2.76. The van der Waals surface area contributed by atoms with Gasteiger partial charge in [-0.2, -0.15) is 0 Å². The molecule has 0 saturated carbocycles. The van der Waals surface area contributed by atoms with Crippen LogP contribution in [0.5, 0.6) is 0 Å². The van der Waals surface area contributed by atoms with Crippen molar-refractivity contribution in [3.8, 4) is 0 Å². The summed E-state index contributed by atoms with van der Waals surface area (Å²) in [6, 6.07) is 0.672. The molecule has 11 heavy (non-hydrogen) atoms. The number of hydrogen-bond donors (Lipinski definition) is 1. The van der Waals surface area contributed by atoms with E-state index in [1.54, 1.807) is 0 Å². The molecule has 2 atom stereocenters. The first-order valence-corrected chi connectivity index (χ1v) is 4.82. The molecule has 0 spiro atoms. The number of piperidine rings is 1. The van der Waals surface area contributed by atoms with Crippen molar-refractivity contribution in [3.63, 3.8) is 0 Å². The molecule has 0 radical (unpaired) electrons. The van der Waals surface area contributed by atoms with Gasteiger partial charge < -0.3 is 10.1 Å². The van der Waals surface area contributed by atoms with E-state index in [0.717, 1.165) is 6.61 Å². The molecule has 0 bridgehead atoms. The number of hydrogen-bond acceptors (Lipinski definition) is 2. The van der Waals surface area contributed by atoms with Crippen LogP contribution in [0.1, 0.15) is 32.1 Å². The van der Waals surface area contributed by atoms with Gasteiger partial charge in [0.25, 0.3) is 0 Å². The molecular formula is C9H17NO. The molecule has 64 valence electrons. The summed E-state index contributed by atoms with van der Waals surface area (Å²) in [5, 5.41) is 3.54. The lowest BCUT2D eigenvalue weighted by molar-refractivity contribution is 0.0695. The normalized spacial score (nSPS) is 39.3. The van der Waals surface area contributed by atoms with E-state index in [2.05, 4.69) is 5.32 Å². The zero-order valence-corrected chi connectivity index (χ0v) is 7.01. The Kier molecular flexibility index (Phi) is 2.44. The van der Waals surface area contributed by atoms with E-state index in [0.29, 0.717) is 12.1 Å². The van der Waals surface area contributed by atoms with Gasteiger partial charge in [0.05, 0.1) is 6.10 Å². The number of ether oxygens (including phenoxy) is 1. The van der Waals surface area contributed by atoms with Gasteiger partial charge in [-0.3, -0.25) is 0 Å². The summed E-state index contributed by atoms with van der Waals surface area (Å²) in [6.07, 6.45) is 7.14. The minimum Gasteiger partial charge on any atom is -0.377 e. The molecule has 2 saturated heterocycles. The third kappa shape index (κ3) is 1.74. The zero-order valence-electron chi connectivity index (χ0n) is 7.01. The fourth-order valence-electron chi connectivity index (χ4n) is 2.12. The molecule has 2 fully saturated rings. The number of nitrogens with one attached hydrogen (secondary N) is 1. The lowest BCUT2D eigenvalue weighted by atomic mass is 9.98. The van der Waals surface area contributed by atoms with E-state index in [4.69, 9.17) is 4.74 Å². The Morgan fingerprint density at radius 3 is 2.73 bits per heavy atom. The summed E-state index contributed by atoms with van der Waals surface area (Å²) >= 11 is 0. The van der Waals surface area contributed by atoms with Crippen molar-refractivity contribution >= 4 is 0 Å². The van der Waals surface area contributed by atoms with Crippen LogP contribution in [0.4, 0.5) is 0 Å². The molecule has 0 aliphatic carbocycles. The molecule has 0 aromatic heterocycles. The van der Waals surface area contributed by atoms with Crippen molar-refractivity contribution in [3.05, 3.63) is 0 Å². The van der Waals surface area contributed by atoms with Gasteiger partial charge in [0.15, 0.2) is 0 Å². The van der Waals surface area contributed by atoms with Gasteiger partial charge in [0.1, 0.15) is 0 Å². The molecule has 0 amide bonds. The zero-order chi connectivity index (χ0) is 7.52. The third-order valence-corrected chi connectivity index (χ3v) is 2.76. The molecule has 2 aliphatic rings. The molecule has 0 aromatic carbocycles. The molecule has 2 nitrogen and oxygen atoms in total. The van der Waals surface area contributed by atoms with Crippen molar-refractivity contribution < 1.29 is 4.74 Å². The Hall–Kier alpha value is -0.0800. The summed E-state index contributed by atoms with van der Waals surface area (Å²) in [5.74, 6) is 0. The Bertz CT molecular complexity index is 115. The topological polar surface area (TPSA) is 21.3 Å². The molecule has 0 aromatic rings. The van der Waals surface area contributed by atoms with Gasteiger partial charge in [-0.1, -0.05) is 6.42 Å². The van der Waals surface area contributed by atoms with E-state index in [9.17, 15) is 0 Å². The first-order valence-electron chi connectivity index (χ1n) is 4.82. The molecule has 2 heteroatoms. The van der Waals surface area contributed by atoms with Crippen LogP contribution >= 0.6 is 0 Å². The summed E-state index contributed by atoms with van der Waals surface area (Å²) in [5.41, 5.74) is 0. The molecule has 2 aliphatic heterocycles. The molecule has 2 heterocycles. The van der Waals surface area contributed by atoms with Gasteiger partial charge in [-0.15, -0.1) is 0 Å². The summed E-state index contributed by atoms with van der Waals surface area (Å²) in [4.78, 5) is 0. The lowest BCUT2D eigenvalue weighted by Gasteiger charge is -2.27. The molecule has 2 rings (SSSR count). The van der Waals surface area contributed by atoms with Gasteiger partial charge in [-0.25, -0.2) is 0 Å². The van der Waals surface area contributed by atoms with Crippen molar-refractivity contribution in [1.82, 2.24) is 5.32 Å². The molecule has 1 N–H and O–H groups in total. The van der Waals surface area contributed by atoms with E-state index in [1.165, 1.54) is 38.6 Å². The van der Waals surface area contributed by atoms with Crippen molar-refractivity contribution in [2.45, 2.75) is 44.2 Å². The minimum atomic E-state index is 0.537. The molecule has 0 unspecified atom stereocenters. The maximum atomic E-state index is 5.63. The van der Waals surface area contributed by atoms with Gasteiger partial charge >= 0.3 is 0 Å². The highest BCUT2D eigenvalue weighted by Crippen LogP contribution is 2.20. The van der Waals surface area contributed by atoms with Crippen LogP contribution in [0.2, 0.25) is 0 Å². The van der Waals surface area contributed by atoms with Crippen LogP contribution in [0.25, 0.3) is 0 Å². The van der Waals surface area contributed by atoms with E-state index >= 15 is 0 Å². The Morgan fingerprint density at radius 1 is 1.09 bits per heavy atom. The van der Waals surface area contributed by atoms with Gasteiger partial charge in [0.2, 0.25) is 0 Å². The van der Waals surface area contributed by atoms with Crippen molar-refractivity contribution in [2.24, 2.45) is 0 Å². The van der Waals surface area contributed by atoms with Crippen LogP contribution in [-0.4, -0.2) is 25.3 Å². The fraction of sp³-hybridized carbons (Fsp3) is 1.00. The largest absolute Gasteiger partial charge is 0.377 e. The van der Waals surface area contributed by atoms with Crippen LogP contribution in [0, 0.1) is 0 Å². The quantitative estimate of drug-likeness (QED) is 0.616. The SMILES string of the molecule is C1CC[C@@H]([C@@H]2CCCO2)NC1. The summed E-state index contributed by atoms with van der Waals surface area (Å²) in [7, 11) is 0. The van der Waals surface area contributed by atoms with Gasteiger partial charge in [-0.05, 0) is 32.2 Å². The summed E-state index contributed by atoms with van der Waals surface area (Å²) in [6.45, 7) is 2.19. The maximum Gasteiger partial charge on any atom is 0.0728 e. The highest BCUT2D eigenvalue weighted by atomic mass is 16.5.